The second kappa shape index (κ2) is 3.03. The van der Waals surface area contributed by atoms with Gasteiger partial charge in [0.25, 0.3) is 0 Å². The quantitative estimate of drug-likeness (QED) is 0.575. The van der Waals surface area contributed by atoms with E-state index in [2.05, 4.69) is 5.32 Å². The molecule has 2 N–H and O–H groups in total. The maximum Gasteiger partial charge on any atom is 0.320 e. The molecule has 2 rings (SSSR count). The molecular formula is C8H13NO3. The SMILES string of the molecule is O=C(O)C1CC2CCOCC2N1. The van der Waals surface area contributed by atoms with Crippen LogP contribution >= 0.6 is 0 Å². The third-order valence-electron chi connectivity index (χ3n) is 2.75. The molecule has 0 aromatic carbocycles. The number of fused-ring (bicyclic) bond motifs is 1. The lowest BCUT2D eigenvalue weighted by molar-refractivity contribution is -0.139. The smallest absolute Gasteiger partial charge is 0.320 e. The van der Waals surface area contributed by atoms with Crippen LogP contribution in [0.25, 0.3) is 0 Å². The number of carbonyl (C=O) groups is 1. The molecule has 0 spiro atoms. The minimum absolute atomic E-state index is 0.278. The molecule has 2 aliphatic rings. The molecule has 2 saturated heterocycles. The Morgan fingerprint density at radius 1 is 1.58 bits per heavy atom. The number of carboxylic acids is 1. The first kappa shape index (κ1) is 8.01. The summed E-state index contributed by atoms with van der Waals surface area (Å²) in [4.78, 5) is 10.6. The van der Waals surface area contributed by atoms with Crippen molar-refractivity contribution in [2.45, 2.75) is 24.9 Å². The molecule has 0 radical (unpaired) electrons. The van der Waals surface area contributed by atoms with Gasteiger partial charge in [-0.2, -0.15) is 0 Å². The van der Waals surface area contributed by atoms with Gasteiger partial charge in [0, 0.05) is 12.6 Å². The number of nitrogens with one attached hydrogen (secondary N) is 1. The van der Waals surface area contributed by atoms with Gasteiger partial charge in [-0.15, -0.1) is 0 Å². The molecular weight excluding hydrogens is 158 g/mol. The number of hydrogen-bond donors (Lipinski definition) is 2. The van der Waals surface area contributed by atoms with Crippen LogP contribution in [-0.2, 0) is 9.53 Å². The maximum absolute atomic E-state index is 10.6. The highest BCUT2D eigenvalue weighted by Gasteiger charge is 2.38. The van der Waals surface area contributed by atoms with E-state index in [0.29, 0.717) is 12.5 Å². The van der Waals surface area contributed by atoms with Crippen LogP contribution in [0, 0.1) is 5.92 Å². The van der Waals surface area contributed by atoms with Crippen molar-refractivity contribution in [3.63, 3.8) is 0 Å². The second-order valence-corrected chi connectivity index (χ2v) is 3.52. The van der Waals surface area contributed by atoms with E-state index in [4.69, 9.17) is 9.84 Å². The minimum atomic E-state index is -0.732. The molecule has 2 fully saturated rings. The molecule has 3 unspecified atom stereocenters. The zero-order chi connectivity index (χ0) is 8.55. The molecule has 68 valence electrons. The fourth-order valence-corrected chi connectivity index (χ4v) is 2.05. The Morgan fingerprint density at radius 3 is 3.08 bits per heavy atom. The average molecular weight is 171 g/mol. The molecule has 0 aromatic rings. The number of aliphatic carboxylic acids is 1. The van der Waals surface area contributed by atoms with Crippen LogP contribution in [0.15, 0.2) is 0 Å². The summed E-state index contributed by atoms with van der Waals surface area (Å²) >= 11 is 0. The van der Waals surface area contributed by atoms with Gasteiger partial charge in [-0.3, -0.25) is 10.1 Å². The summed E-state index contributed by atoms with van der Waals surface area (Å²) in [6, 6.07) is -0.0680. The van der Waals surface area contributed by atoms with Gasteiger partial charge < -0.3 is 9.84 Å². The van der Waals surface area contributed by atoms with Crippen LogP contribution in [0.3, 0.4) is 0 Å². The Morgan fingerprint density at radius 2 is 2.42 bits per heavy atom. The third kappa shape index (κ3) is 1.32. The van der Waals surface area contributed by atoms with Crippen LogP contribution in [0.2, 0.25) is 0 Å². The van der Waals surface area contributed by atoms with E-state index in [1.165, 1.54) is 0 Å². The van der Waals surface area contributed by atoms with Crippen molar-refractivity contribution in [1.82, 2.24) is 5.32 Å². The summed E-state index contributed by atoms with van der Waals surface area (Å²) in [5, 5.41) is 11.8. The number of rotatable bonds is 1. The maximum atomic E-state index is 10.6. The van der Waals surface area contributed by atoms with Crippen molar-refractivity contribution >= 4 is 5.97 Å². The van der Waals surface area contributed by atoms with Gasteiger partial charge in [0.15, 0.2) is 0 Å². The van der Waals surface area contributed by atoms with Gasteiger partial charge in [0.1, 0.15) is 6.04 Å². The van der Waals surface area contributed by atoms with Crippen molar-refractivity contribution in [3.8, 4) is 0 Å². The van der Waals surface area contributed by atoms with Crippen LogP contribution < -0.4 is 5.32 Å². The van der Waals surface area contributed by atoms with Crippen molar-refractivity contribution in [2.75, 3.05) is 13.2 Å². The highest BCUT2D eigenvalue weighted by molar-refractivity contribution is 5.74. The fourth-order valence-electron chi connectivity index (χ4n) is 2.05. The Balaban J connectivity index is 1.98. The molecule has 0 aliphatic carbocycles. The standard InChI is InChI=1S/C8H13NO3/c10-8(11)6-3-5-1-2-12-4-7(5)9-6/h5-7,9H,1-4H2,(H,10,11). The van der Waals surface area contributed by atoms with Crippen molar-refractivity contribution in [1.29, 1.82) is 0 Å². The molecule has 0 amide bonds. The van der Waals surface area contributed by atoms with E-state index in [1.807, 2.05) is 0 Å². The Labute approximate surface area is 70.9 Å². The first-order valence-corrected chi connectivity index (χ1v) is 4.34. The summed E-state index contributed by atoms with van der Waals surface area (Å²) in [5.41, 5.74) is 0. The molecule has 2 aliphatic heterocycles. The first-order valence-electron chi connectivity index (χ1n) is 4.34. The monoisotopic (exact) mass is 171 g/mol. The lowest BCUT2D eigenvalue weighted by atomic mass is 9.94. The van der Waals surface area contributed by atoms with Crippen LogP contribution in [-0.4, -0.2) is 36.4 Å². The summed E-state index contributed by atoms with van der Waals surface area (Å²) < 4.78 is 5.26. The molecule has 0 saturated carbocycles. The van der Waals surface area contributed by atoms with E-state index >= 15 is 0 Å². The average Bonchev–Trinajstić information content (AvgIpc) is 2.46. The van der Waals surface area contributed by atoms with Crippen molar-refractivity contribution < 1.29 is 14.6 Å². The van der Waals surface area contributed by atoms with Gasteiger partial charge in [0.05, 0.1) is 6.61 Å². The van der Waals surface area contributed by atoms with Gasteiger partial charge in [-0.05, 0) is 18.8 Å². The third-order valence-corrected chi connectivity index (χ3v) is 2.75. The lowest BCUT2D eigenvalue weighted by Crippen LogP contribution is -2.40. The number of hydrogen-bond acceptors (Lipinski definition) is 3. The van der Waals surface area contributed by atoms with Gasteiger partial charge in [0.2, 0.25) is 0 Å². The van der Waals surface area contributed by atoms with E-state index < -0.39 is 5.97 Å². The zero-order valence-corrected chi connectivity index (χ0v) is 6.82. The Bertz CT molecular complexity index is 181. The van der Waals surface area contributed by atoms with E-state index in [1.54, 1.807) is 0 Å². The summed E-state index contributed by atoms with van der Waals surface area (Å²) in [6.45, 7) is 1.46. The highest BCUT2D eigenvalue weighted by Crippen LogP contribution is 2.27. The van der Waals surface area contributed by atoms with E-state index in [9.17, 15) is 4.79 Å². The highest BCUT2D eigenvalue weighted by atomic mass is 16.5. The van der Waals surface area contributed by atoms with Crippen LogP contribution in [0.5, 0.6) is 0 Å². The predicted octanol–water partition coefficient (Wildman–Crippen LogP) is -0.162. The summed E-state index contributed by atoms with van der Waals surface area (Å²) in [5.74, 6) is -0.218. The zero-order valence-electron chi connectivity index (χ0n) is 6.82. The second-order valence-electron chi connectivity index (χ2n) is 3.52. The van der Waals surface area contributed by atoms with Gasteiger partial charge in [-0.1, -0.05) is 0 Å². The molecule has 0 aromatic heterocycles. The Kier molecular flexibility index (Phi) is 2.02. The van der Waals surface area contributed by atoms with Crippen LogP contribution in [0.4, 0.5) is 0 Å². The largest absolute Gasteiger partial charge is 0.480 e. The van der Waals surface area contributed by atoms with Gasteiger partial charge in [-0.25, -0.2) is 0 Å². The predicted molar refractivity (Wildman–Crippen MR) is 41.9 cm³/mol. The minimum Gasteiger partial charge on any atom is -0.480 e. The van der Waals surface area contributed by atoms with E-state index in [0.717, 1.165) is 19.4 Å². The molecule has 4 nitrogen and oxygen atoms in total. The fraction of sp³-hybridized carbons (Fsp3) is 0.875. The van der Waals surface area contributed by atoms with Crippen LogP contribution in [0.1, 0.15) is 12.8 Å². The normalized spacial score (nSPS) is 40.8. The first-order chi connectivity index (χ1) is 5.77. The Hall–Kier alpha value is -0.610. The van der Waals surface area contributed by atoms with Crippen molar-refractivity contribution in [3.05, 3.63) is 0 Å². The van der Waals surface area contributed by atoms with Crippen molar-refractivity contribution in [2.24, 2.45) is 5.92 Å². The molecule has 0 bridgehead atoms. The molecule has 3 atom stereocenters. The topological polar surface area (TPSA) is 58.6 Å². The number of ether oxygens (including phenoxy) is 1. The summed E-state index contributed by atoms with van der Waals surface area (Å²) in [6.07, 6.45) is 1.77. The van der Waals surface area contributed by atoms with Gasteiger partial charge >= 0.3 is 5.97 Å². The van der Waals surface area contributed by atoms with E-state index in [-0.39, 0.29) is 12.1 Å². The number of carboxylic acid groups (broad SMARTS) is 1. The molecule has 4 heteroatoms. The molecule has 12 heavy (non-hydrogen) atoms. The lowest BCUT2D eigenvalue weighted by Gasteiger charge is -2.24. The summed E-state index contributed by atoms with van der Waals surface area (Å²) in [7, 11) is 0. The molecule has 2 heterocycles.